The van der Waals surface area contributed by atoms with Crippen molar-refractivity contribution in [1.82, 2.24) is 5.32 Å². The lowest BCUT2D eigenvalue weighted by Gasteiger charge is -2.22. The number of nitro groups is 1. The van der Waals surface area contributed by atoms with Crippen LogP contribution < -0.4 is 26.4 Å². The molecule has 0 bridgehead atoms. The van der Waals surface area contributed by atoms with E-state index in [0.717, 1.165) is 11.1 Å². The van der Waals surface area contributed by atoms with E-state index in [1.54, 1.807) is 0 Å². The molecule has 1 amide bonds. The van der Waals surface area contributed by atoms with Gasteiger partial charge in [0.05, 0.1) is 24.4 Å². The highest BCUT2D eigenvalue weighted by molar-refractivity contribution is 6.02. The molecule has 0 saturated heterocycles. The van der Waals surface area contributed by atoms with E-state index in [2.05, 4.69) is 20.9 Å². The quantitative estimate of drug-likeness (QED) is 0.167. The maximum Gasteiger partial charge on any atom is 0.271 e. The van der Waals surface area contributed by atoms with E-state index in [1.807, 2.05) is 62.4 Å². The molecule has 5 N–H and O–H groups in total. The maximum atomic E-state index is 13.4. The first-order chi connectivity index (χ1) is 16.8. The van der Waals surface area contributed by atoms with E-state index in [-0.39, 0.29) is 24.2 Å². The molecule has 0 fully saturated rings. The van der Waals surface area contributed by atoms with Crippen molar-refractivity contribution in [3.63, 3.8) is 0 Å². The van der Waals surface area contributed by atoms with Crippen molar-refractivity contribution in [1.29, 1.82) is 0 Å². The fourth-order valence-electron chi connectivity index (χ4n) is 3.36. The summed E-state index contributed by atoms with van der Waals surface area (Å²) in [4.78, 5) is 28.3. The lowest BCUT2D eigenvalue weighted by atomic mass is 10.1. The Labute approximate surface area is 203 Å². The zero-order chi connectivity index (χ0) is 25.4. The summed E-state index contributed by atoms with van der Waals surface area (Å²) >= 11 is 0. The number of nitrogens with zero attached hydrogens (tertiary/aromatic N) is 2. The largest absolute Gasteiger partial charge is 0.495 e. The number of amides is 1. The topological polar surface area (TPSA) is 144 Å². The average molecular weight is 477 g/mol. The van der Waals surface area contributed by atoms with E-state index >= 15 is 0 Å². The molecule has 10 nitrogen and oxygen atoms in total. The predicted molar refractivity (Wildman–Crippen MR) is 137 cm³/mol. The summed E-state index contributed by atoms with van der Waals surface area (Å²) in [5.74, 6) is 0.185. The van der Waals surface area contributed by atoms with E-state index in [0.29, 0.717) is 22.7 Å². The summed E-state index contributed by atoms with van der Waals surface area (Å²) in [7, 11) is 1.45. The highest BCUT2D eigenvalue weighted by Gasteiger charge is 2.23. The van der Waals surface area contributed by atoms with Gasteiger partial charge in [0.1, 0.15) is 11.8 Å². The smallest absolute Gasteiger partial charge is 0.271 e. The summed E-state index contributed by atoms with van der Waals surface area (Å²) < 4.78 is 5.32. The van der Waals surface area contributed by atoms with Crippen molar-refractivity contribution < 1.29 is 14.5 Å². The first kappa shape index (κ1) is 25.2. The fraction of sp³-hybridized carbons (Fsp3) is 0.200. The molecule has 0 radical (unpaired) electrons. The Hall–Kier alpha value is -4.44. The average Bonchev–Trinajstić information content (AvgIpc) is 2.85. The minimum absolute atomic E-state index is 0.0904. The molecule has 0 aliphatic carbocycles. The number of nitrogens with one attached hydrogen (secondary N) is 3. The van der Waals surface area contributed by atoms with Gasteiger partial charge in [-0.2, -0.15) is 0 Å². The minimum atomic E-state index is -0.847. The fourth-order valence-corrected chi connectivity index (χ4v) is 3.36. The van der Waals surface area contributed by atoms with Crippen LogP contribution in [0.15, 0.2) is 71.7 Å². The number of nitrogens with two attached hydrogens (primary N) is 1. The van der Waals surface area contributed by atoms with Gasteiger partial charge in [0.15, 0.2) is 5.96 Å². The van der Waals surface area contributed by atoms with Crippen molar-refractivity contribution in [2.45, 2.75) is 19.9 Å². The van der Waals surface area contributed by atoms with Crippen LogP contribution in [0, 0.1) is 24.0 Å². The molecular formula is C25H28N6O4. The van der Waals surface area contributed by atoms with Crippen LogP contribution >= 0.6 is 0 Å². The number of aryl methyl sites for hydroxylation is 2. The summed E-state index contributed by atoms with van der Waals surface area (Å²) in [6.07, 6.45) is 0. The van der Waals surface area contributed by atoms with Crippen LogP contribution in [0.5, 0.6) is 5.75 Å². The van der Waals surface area contributed by atoms with Crippen LogP contribution in [0.25, 0.3) is 0 Å². The van der Waals surface area contributed by atoms with Crippen LogP contribution in [0.2, 0.25) is 0 Å². The molecule has 0 aliphatic heterocycles. The Morgan fingerprint density at radius 2 is 1.80 bits per heavy atom. The minimum Gasteiger partial charge on any atom is -0.495 e. The number of non-ortho nitro benzene ring substituents is 1. The van der Waals surface area contributed by atoms with Crippen molar-refractivity contribution in [3.8, 4) is 5.75 Å². The van der Waals surface area contributed by atoms with Crippen molar-refractivity contribution >= 4 is 28.9 Å². The number of hydrogen-bond donors (Lipinski definition) is 4. The molecular weight excluding hydrogens is 448 g/mol. The monoisotopic (exact) mass is 476 g/mol. The number of nitro benzene ring substituents is 1. The molecule has 1 atom stereocenters. The lowest BCUT2D eigenvalue weighted by molar-refractivity contribution is -0.384. The number of aliphatic imine (C=N–C) groups is 1. The normalized spacial score (nSPS) is 11.9. The van der Waals surface area contributed by atoms with Gasteiger partial charge in [0.2, 0.25) is 0 Å². The summed E-state index contributed by atoms with van der Waals surface area (Å²) in [6, 6.07) is 18.1. The van der Waals surface area contributed by atoms with Gasteiger partial charge in [-0.05, 0) is 48.7 Å². The molecule has 3 rings (SSSR count). The zero-order valence-corrected chi connectivity index (χ0v) is 19.7. The predicted octanol–water partition coefficient (Wildman–Crippen LogP) is 3.87. The third-order valence-corrected chi connectivity index (χ3v) is 5.35. The van der Waals surface area contributed by atoms with Gasteiger partial charge in [0.25, 0.3) is 11.6 Å². The molecule has 1 unspecified atom stereocenters. The number of anilines is 2. The Morgan fingerprint density at radius 1 is 1.06 bits per heavy atom. The second-order valence-corrected chi connectivity index (χ2v) is 7.73. The standard InChI is InChI=1S/C25H28N6O4/c1-16-9-10-19(13-17(16)2)28-24(32)23(18-7-5-4-6-8-18)30-25(27-15-26)29-21-14-20(31(33)34)11-12-22(21)35-3/h4-14,23H,15,26H2,1-3H3,(H,28,32)(H2,27,29,30). The molecule has 0 spiro atoms. The van der Waals surface area contributed by atoms with Crippen molar-refractivity contribution in [3.05, 3.63) is 93.5 Å². The number of carbonyl (C=O) groups is 1. The summed E-state index contributed by atoms with van der Waals surface area (Å²) in [5.41, 5.74) is 9.35. The Kier molecular flexibility index (Phi) is 8.36. The molecule has 3 aromatic carbocycles. The van der Waals surface area contributed by atoms with E-state index in [9.17, 15) is 14.9 Å². The van der Waals surface area contributed by atoms with E-state index in [4.69, 9.17) is 10.5 Å². The summed E-state index contributed by atoms with van der Waals surface area (Å²) in [5, 5.41) is 20.3. The van der Waals surface area contributed by atoms with Crippen LogP contribution in [0.1, 0.15) is 22.7 Å². The molecule has 0 heterocycles. The van der Waals surface area contributed by atoms with Crippen molar-refractivity contribution in [2.75, 3.05) is 24.4 Å². The van der Waals surface area contributed by atoms with Crippen LogP contribution in [-0.2, 0) is 4.79 Å². The van der Waals surface area contributed by atoms with Gasteiger partial charge in [-0.3, -0.25) is 14.9 Å². The second kappa shape index (κ2) is 11.6. The molecule has 0 saturated carbocycles. The number of methoxy groups -OCH3 is 1. The van der Waals surface area contributed by atoms with Crippen LogP contribution in [0.4, 0.5) is 17.1 Å². The second-order valence-electron chi connectivity index (χ2n) is 7.73. The highest BCUT2D eigenvalue weighted by atomic mass is 16.6. The molecule has 0 aliphatic rings. The first-order valence-corrected chi connectivity index (χ1v) is 10.9. The van der Waals surface area contributed by atoms with Crippen LogP contribution in [0.3, 0.4) is 0 Å². The first-order valence-electron chi connectivity index (χ1n) is 10.9. The third-order valence-electron chi connectivity index (χ3n) is 5.35. The Morgan fingerprint density at radius 3 is 2.43 bits per heavy atom. The number of ether oxygens (including phenoxy) is 1. The number of carbonyl (C=O) groups excluding carboxylic acids is 1. The lowest BCUT2D eigenvalue weighted by Crippen LogP contribution is -2.40. The number of hydrogen-bond acceptors (Lipinski definition) is 6. The zero-order valence-electron chi connectivity index (χ0n) is 19.7. The van der Waals surface area contributed by atoms with Crippen molar-refractivity contribution in [2.24, 2.45) is 10.7 Å². The SMILES string of the molecule is COc1ccc([N+](=O)[O-])cc1N/C(=N\CN)NC(C(=O)Nc1ccc(C)c(C)c1)c1ccccc1. The Balaban J connectivity index is 1.92. The van der Waals surface area contributed by atoms with Gasteiger partial charge in [-0.25, -0.2) is 4.99 Å². The highest BCUT2D eigenvalue weighted by Crippen LogP contribution is 2.29. The molecule has 10 heteroatoms. The van der Waals surface area contributed by atoms with E-state index < -0.39 is 11.0 Å². The maximum absolute atomic E-state index is 13.4. The van der Waals surface area contributed by atoms with Gasteiger partial charge in [-0.15, -0.1) is 0 Å². The number of benzene rings is 3. The van der Waals surface area contributed by atoms with E-state index in [1.165, 1.54) is 25.3 Å². The van der Waals surface area contributed by atoms with Gasteiger partial charge in [-0.1, -0.05) is 36.4 Å². The molecule has 0 aromatic heterocycles. The third kappa shape index (κ3) is 6.55. The van der Waals surface area contributed by atoms with Crippen LogP contribution in [-0.4, -0.2) is 30.6 Å². The van der Waals surface area contributed by atoms with Gasteiger partial charge < -0.3 is 26.4 Å². The molecule has 182 valence electrons. The molecule has 3 aromatic rings. The molecule has 35 heavy (non-hydrogen) atoms. The van der Waals surface area contributed by atoms with Gasteiger partial charge in [0, 0.05) is 17.8 Å². The Bertz CT molecular complexity index is 1230. The number of rotatable bonds is 8. The summed E-state index contributed by atoms with van der Waals surface area (Å²) in [6.45, 7) is 3.88. The van der Waals surface area contributed by atoms with Gasteiger partial charge >= 0.3 is 0 Å². The number of guanidine groups is 1.